The molecule has 1 fully saturated rings. The summed E-state index contributed by atoms with van der Waals surface area (Å²) in [6.07, 6.45) is 2.27. The van der Waals surface area contributed by atoms with Crippen LogP contribution in [-0.4, -0.2) is 33.6 Å². The van der Waals surface area contributed by atoms with Gasteiger partial charge in [0.05, 0.1) is 24.9 Å². The lowest BCUT2D eigenvalue weighted by Gasteiger charge is -2.25. The van der Waals surface area contributed by atoms with Gasteiger partial charge in [0, 0.05) is 12.2 Å². The van der Waals surface area contributed by atoms with Gasteiger partial charge in [0.1, 0.15) is 11.6 Å². The summed E-state index contributed by atoms with van der Waals surface area (Å²) >= 11 is 0. The first-order valence-electron chi connectivity index (χ1n) is 8.12. The molecule has 0 bridgehead atoms. The summed E-state index contributed by atoms with van der Waals surface area (Å²) in [5, 5.41) is 13.0. The summed E-state index contributed by atoms with van der Waals surface area (Å²) < 4.78 is 26.6. The molecule has 1 saturated carbocycles. The van der Waals surface area contributed by atoms with E-state index in [0.717, 1.165) is 12.8 Å². The summed E-state index contributed by atoms with van der Waals surface area (Å²) in [5.74, 6) is -0.864. The molecule has 1 atom stereocenters. The summed E-state index contributed by atoms with van der Waals surface area (Å²) in [6.45, 7) is 0.0637. The number of halogens is 2. The Morgan fingerprint density at radius 1 is 1.28 bits per heavy atom. The maximum absolute atomic E-state index is 13.6. The highest BCUT2D eigenvalue weighted by Gasteiger charge is 2.34. The number of amides is 2. The van der Waals surface area contributed by atoms with Gasteiger partial charge >= 0.3 is 6.03 Å². The largest absolute Gasteiger partial charge is 0.387 e. The molecule has 2 amide bonds. The molecule has 1 aliphatic carbocycles. The molecule has 1 aliphatic rings. The van der Waals surface area contributed by atoms with Crippen LogP contribution in [0.1, 0.15) is 30.2 Å². The molecule has 5 nitrogen and oxygen atoms in total. The molecule has 1 aromatic heterocycles. The van der Waals surface area contributed by atoms with Gasteiger partial charge in [0.25, 0.3) is 0 Å². The number of hydrogen-bond donors (Lipinski definition) is 2. The van der Waals surface area contributed by atoms with Crippen molar-refractivity contribution < 1.29 is 18.7 Å². The Bertz CT molecular complexity index is 735. The van der Waals surface area contributed by atoms with Crippen LogP contribution in [-0.2, 0) is 6.54 Å². The van der Waals surface area contributed by atoms with E-state index < -0.39 is 11.9 Å². The van der Waals surface area contributed by atoms with Crippen LogP contribution in [0.15, 0.2) is 42.6 Å². The van der Waals surface area contributed by atoms with E-state index >= 15 is 0 Å². The van der Waals surface area contributed by atoms with Crippen LogP contribution in [0, 0.1) is 11.6 Å². The summed E-state index contributed by atoms with van der Waals surface area (Å²) in [6, 6.07) is 7.96. The first-order valence-corrected chi connectivity index (χ1v) is 8.12. The van der Waals surface area contributed by atoms with Crippen LogP contribution in [0.4, 0.5) is 13.6 Å². The van der Waals surface area contributed by atoms with E-state index in [1.165, 1.54) is 47.5 Å². The minimum absolute atomic E-state index is 0.0264. The average Bonchev–Trinajstić information content (AvgIpc) is 3.44. The number of carbonyl (C=O) groups excluding carboxylic acids is 1. The molecule has 0 spiro atoms. The molecule has 3 rings (SSSR count). The number of aliphatic hydroxyl groups excluding tert-OH is 1. The smallest absolute Gasteiger partial charge is 0.318 e. The minimum Gasteiger partial charge on any atom is -0.387 e. The molecule has 0 radical (unpaired) electrons. The Kier molecular flexibility index (Phi) is 5.23. The lowest BCUT2D eigenvalue weighted by atomic mass is 10.1. The topological polar surface area (TPSA) is 65.5 Å². The maximum atomic E-state index is 13.6. The Morgan fingerprint density at radius 3 is 2.64 bits per heavy atom. The molecule has 0 saturated heterocycles. The standard InChI is InChI=1S/C18H19F2N3O2/c19-13-5-3-12(4-6-13)17(24)11-23(14-7-8-14)18(25)22-10-16-15(20)2-1-9-21-16/h1-6,9,14,17,24H,7-8,10-11H2,(H,22,25). The van der Waals surface area contributed by atoms with Gasteiger partial charge in [-0.2, -0.15) is 0 Å². The van der Waals surface area contributed by atoms with Gasteiger partial charge < -0.3 is 15.3 Å². The second-order valence-corrected chi connectivity index (χ2v) is 6.04. The zero-order chi connectivity index (χ0) is 17.8. The number of nitrogens with one attached hydrogen (secondary N) is 1. The number of urea groups is 1. The Morgan fingerprint density at radius 2 is 2.00 bits per heavy atom. The molecule has 2 aromatic rings. The number of pyridine rings is 1. The molecule has 1 heterocycles. The van der Waals surface area contributed by atoms with Crippen LogP contribution in [0.2, 0.25) is 0 Å². The number of rotatable bonds is 6. The van der Waals surface area contributed by atoms with Gasteiger partial charge in [-0.1, -0.05) is 12.1 Å². The van der Waals surface area contributed by atoms with Crippen molar-refractivity contribution in [1.29, 1.82) is 0 Å². The third-order valence-corrected chi connectivity index (χ3v) is 4.11. The van der Waals surface area contributed by atoms with Crippen molar-refractivity contribution in [3.05, 3.63) is 65.5 Å². The van der Waals surface area contributed by atoms with E-state index in [0.29, 0.717) is 5.56 Å². The number of carbonyl (C=O) groups is 1. The van der Waals surface area contributed by atoms with Gasteiger partial charge in [0.2, 0.25) is 0 Å². The number of benzene rings is 1. The first-order chi connectivity index (χ1) is 12.0. The van der Waals surface area contributed by atoms with Crippen molar-refractivity contribution in [2.75, 3.05) is 6.54 Å². The third kappa shape index (κ3) is 4.51. The van der Waals surface area contributed by atoms with Crippen LogP contribution < -0.4 is 5.32 Å². The second kappa shape index (κ2) is 7.57. The van der Waals surface area contributed by atoms with Crippen LogP contribution >= 0.6 is 0 Å². The van der Waals surface area contributed by atoms with E-state index in [-0.39, 0.29) is 36.7 Å². The fourth-order valence-electron chi connectivity index (χ4n) is 2.57. The summed E-state index contributed by atoms with van der Waals surface area (Å²) in [4.78, 5) is 17.9. The van der Waals surface area contributed by atoms with E-state index in [1.807, 2.05) is 0 Å². The molecule has 25 heavy (non-hydrogen) atoms. The number of hydrogen-bond acceptors (Lipinski definition) is 3. The lowest BCUT2D eigenvalue weighted by molar-refractivity contribution is 0.117. The van der Waals surface area contributed by atoms with Crippen molar-refractivity contribution in [3.63, 3.8) is 0 Å². The quantitative estimate of drug-likeness (QED) is 0.844. The maximum Gasteiger partial charge on any atom is 0.318 e. The number of aliphatic hydroxyl groups is 1. The van der Waals surface area contributed by atoms with Crippen LogP contribution in [0.5, 0.6) is 0 Å². The normalized spacial score (nSPS) is 14.8. The van der Waals surface area contributed by atoms with Crippen LogP contribution in [0.3, 0.4) is 0 Å². The fraction of sp³-hybridized carbons (Fsp3) is 0.333. The molecule has 0 aliphatic heterocycles. The minimum atomic E-state index is -0.918. The first kappa shape index (κ1) is 17.3. The van der Waals surface area contributed by atoms with Gasteiger partial charge in [-0.05, 0) is 42.7 Å². The zero-order valence-corrected chi connectivity index (χ0v) is 13.5. The zero-order valence-electron chi connectivity index (χ0n) is 13.5. The van der Waals surface area contributed by atoms with Crippen molar-refractivity contribution in [2.45, 2.75) is 31.5 Å². The van der Waals surface area contributed by atoms with E-state index in [4.69, 9.17) is 0 Å². The second-order valence-electron chi connectivity index (χ2n) is 6.04. The van der Waals surface area contributed by atoms with E-state index in [9.17, 15) is 18.7 Å². The third-order valence-electron chi connectivity index (χ3n) is 4.11. The average molecular weight is 347 g/mol. The fourth-order valence-corrected chi connectivity index (χ4v) is 2.57. The van der Waals surface area contributed by atoms with E-state index in [2.05, 4.69) is 10.3 Å². The Balaban J connectivity index is 1.61. The molecular formula is C18H19F2N3O2. The van der Waals surface area contributed by atoms with E-state index in [1.54, 1.807) is 0 Å². The highest BCUT2D eigenvalue weighted by Crippen LogP contribution is 2.29. The van der Waals surface area contributed by atoms with Gasteiger partial charge in [-0.25, -0.2) is 13.6 Å². The SMILES string of the molecule is O=C(NCc1ncccc1F)N(CC(O)c1ccc(F)cc1)C1CC1. The highest BCUT2D eigenvalue weighted by molar-refractivity contribution is 5.75. The molecule has 132 valence electrons. The monoisotopic (exact) mass is 347 g/mol. The van der Waals surface area contributed by atoms with Crippen LogP contribution in [0.25, 0.3) is 0 Å². The predicted octanol–water partition coefficient (Wildman–Crippen LogP) is 2.77. The molecule has 7 heteroatoms. The van der Waals surface area contributed by atoms with Gasteiger partial charge in [-0.3, -0.25) is 4.98 Å². The van der Waals surface area contributed by atoms with Gasteiger partial charge in [0.15, 0.2) is 0 Å². The Hall–Kier alpha value is -2.54. The number of aromatic nitrogens is 1. The highest BCUT2D eigenvalue weighted by atomic mass is 19.1. The van der Waals surface area contributed by atoms with Crippen molar-refractivity contribution in [3.8, 4) is 0 Å². The predicted molar refractivity (Wildman–Crippen MR) is 87.5 cm³/mol. The number of nitrogens with zero attached hydrogens (tertiary/aromatic N) is 2. The lowest BCUT2D eigenvalue weighted by Crippen LogP contribution is -2.43. The molecule has 1 aromatic carbocycles. The molecule has 1 unspecified atom stereocenters. The van der Waals surface area contributed by atoms with Crippen molar-refractivity contribution >= 4 is 6.03 Å². The molecular weight excluding hydrogens is 328 g/mol. The molecule has 2 N–H and O–H groups in total. The summed E-state index contributed by atoms with van der Waals surface area (Å²) in [5.41, 5.74) is 0.696. The van der Waals surface area contributed by atoms with Crippen molar-refractivity contribution in [2.24, 2.45) is 0 Å². The van der Waals surface area contributed by atoms with Crippen molar-refractivity contribution in [1.82, 2.24) is 15.2 Å². The van der Waals surface area contributed by atoms with Gasteiger partial charge in [-0.15, -0.1) is 0 Å². The Labute approximate surface area is 144 Å². The summed E-state index contributed by atoms with van der Waals surface area (Å²) in [7, 11) is 0.